The topological polar surface area (TPSA) is 45.5 Å². The average Bonchev–Trinajstić information content (AvgIpc) is 3.05. The summed E-state index contributed by atoms with van der Waals surface area (Å²) in [6.07, 6.45) is 8.28. The van der Waals surface area contributed by atoms with Crippen LogP contribution in [0.15, 0.2) is 53.8 Å². The van der Waals surface area contributed by atoms with Crippen molar-refractivity contribution >= 4 is 35.5 Å². The van der Waals surface area contributed by atoms with Gasteiger partial charge in [0.15, 0.2) is 5.96 Å². The van der Waals surface area contributed by atoms with Crippen LogP contribution in [0, 0.1) is 0 Å². The van der Waals surface area contributed by atoms with E-state index in [0.29, 0.717) is 0 Å². The SMILES string of the molecule is CN=C(NCCc1cnn(C)c1)N1CC=C(c2ccccc2)CC1.I. The quantitative estimate of drug-likeness (QED) is 0.442. The number of hydrogen-bond acceptors (Lipinski definition) is 2. The molecule has 6 heteroatoms. The van der Waals surface area contributed by atoms with E-state index in [1.807, 2.05) is 25.0 Å². The first kappa shape index (κ1) is 19.5. The molecule has 0 amide bonds. The second kappa shape index (κ2) is 9.60. The Balaban J connectivity index is 0.00000225. The summed E-state index contributed by atoms with van der Waals surface area (Å²) in [6, 6.07) is 10.6. The Morgan fingerprint density at radius 3 is 2.68 bits per heavy atom. The van der Waals surface area contributed by atoms with E-state index in [0.717, 1.165) is 38.4 Å². The predicted molar refractivity (Wildman–Crippen MR) is 114 cm³/mol. The fourth-order valence-corrected chi connectivity index (χ4v) is 3.03. The molecule has 0 saturated carbocycles. The van der Waals surface area contributed by atoms with E-state index in [4.69, 9.17) is 0 Å². The first-order valence-corrected chi connectivity index (χ1v) is 8.44. The Morgan fingerprint density at radius 2 is 2.08 bits per heavy atom. The van der Waals surface area contributed by atoms with Gasteiger partial charge in [0.2, 0.25) is 0 Å². The van der Waals surface area contributed by atoms with Crippen molar-refractivity contribution in [3.63, 3.8) is 0 Å². The summed E-state index contributed by atoms with van der Waals surface area (Å²) in [5.41, 5.74) is 4.00. The maximum atomic E-state index is 4.43. The predicted octanol–water partition coefficient (Wildman–Crippen LogP) is 2.95. The molecule has 3 rings (SSSR count). The van der Waals surface area contributed by atoms with Crippen molar-refractivity contribution in [1.29, 1.82) is 0 Å². The first-order chi connectivity index (χ1) is 11.8. The van der Waals surface area contributed by atoms with Crippen LogP contribution in [-0.4, -0.2) is 47.3 Å². The molecular weight excluding hydrogens is 425 g/mol. The van der Waals surface area contributed by atoms with Crippen LogP contribution in [0.2, 0.25) is 0 Å². The molecule has 0 fully saturated rings. The second-order valence-electron chi connectivity index (χ2n) is 6.04. The molecule has 0 radical (unpaired) electrons. The molecule has 1 aliphatic heterocycles. The fraction of sp³-hybridized carbons (Fsp3) is 0.368. The number of guanidine groups is 1. The zero-order chi connectivity index (χ0) is 16.8. The summed E-state index contributed by atoms with van der Waals surface area (Å²) in [5.74, 6) is 0.974. The van der Waals surface area contributed by atoms with Gasteiger partial charge in [-0.1, -0.05) is 36.4 Å². The molecule has 2 heterocycles. The molecule has 1 aliphatic rings. The molecule has 1 aromatic carbocycles. The minimum Gasteiger partial charge on any atom is -0.356 e. The molecule has 25 heavy (non-hydrogen) atoms. The van der Waals surface area contributed by atoms with Gasteiger partial charge in [-0.25, -0.2) is 0 Å². The molecule has 0 aliphatic carbocycles. The number of aliphatic imine (C=N–C) groups is 1. The molecule has 0 bridgehead atoms. The Labute approximate surface area is 166 Å². The van der Waals surface area contributed by atoms with E-state index < -0.39 is 0 Å². The largest absolute Gasteiger partial charge is 0.356 e. The maximum Gasteiger partial charge on any atom is 0.193 e. The second-order valence-corrected chi connectivity index (χ2v) is 6.04. The zero-order valence-corrected chi connectivity index (χ0v) is 17.2. The van der Waals surface area contributed by atoms with Gasteiger partial charge in [0.25, 0.3) is 0 Å². The van der Waals surface area contributed by atoms with E-state index in [1.165, 1.54) is 16.7 Å². The molecule has 5 nitrogen and oxygen atoms in total. The van der Waals surface area contributed by atoms with Crippen LogP contribution >= 0.6 is 24.0 Å². The lowest BCUT2D eigenvalue weighted by Gasteiger charge is -2.29. The van der Waals surface area contributed by atoms with Crippen molar-refractivity contribution in [3.8, 4) is 0 Å². The number of hydrogen-bond donors (Lipinski definition) is 1. The van der Waals surface area contributed by atoms with E-state index in [-0.39, 0.29) is 24.0 Å². The van der Waals surface area contributed by atoms with Crippen molar-refractivity contribution in [2.24, 2.45) is 12.0 Å². The standard InChI is InChI=1S/C19H25N5.HI/c1-20-19(21-11-8-16-14-22-23(2)15-16)24-12-9-18(10-13-24)17-6-4-3-5-7-17;/h3-7,9,14-15H,8,10-13H2,1-2H3,(H,20,21);1H. The van der Waals surface area contributed by atoms with Crippen LogP contribution in [0.1, 0.15) is 17.5 Å². The molecular formula is C19H26IN5. The fourth-order valence-electron chi connectivity index (χ4n) is 3.03. The molecule has 1 N–H and O–H groups in total. The van der Waals surface area contributed by atoms with E-state index in [1.54, 1.807) is 0 Å². The summed E-state index contributed by atoms with van der Waals surface area (Å²) in [4.78, 5) is 6.73. The summed E-state index contributed by atoms with van der Waals surface area (Å²) >= 11 is 0. The maximum absolute atomic E-state index is 4.43. The van der Waals surface area contributed by atoms with Gasteiger partial charge in [0.05, 0.1) is 6.20 Å². The molecule has 2 aromatic rings. The number of halogens is 1. The number of nitrogens with one attached hydrogen (secondary N) is 1. The Morgan fingerprint density at radius 1 is 1.28 bits per heavy atom. The van der Waals surface area contributed by atoms with E-state index in [2.05, 4.69) is 62.9 Å². The molecule has 0 spiro atoms. The zero-order valence-electron chi connectivity index (χ0n) is 14.9. The highest BCUT2D eigenvalue weighted by atomic mass is 127. The van der Waals surface area contributed by atoms with Gasteiger partial charge in [-0.05, 0) is 29.5 Å². The summed E-state index contributed by atoms with van der Waals surface area (Å²) in [5, 5.41) is 7.66. The lowest BCUT2D eigenvalue weighted by molar-refractivity contribution is 0.440. The summed E-state index contributed by atoms with van der Waals surface area (Å²) < 4.78 is 1.84. The van der Waals surface area contributed by atoms with Crippen molar-refractivity contribution in [2.75, 3.05) is 26.7 Å². The number of nitrogens with zero attached hydrogens (tertiary/aromatic N) is 4. The summed E-state index contributed by atoms with van der Waals surface area (Å²) in [7, 11) is 3.79. The number of aryl methyl sites for hydroxylation is 1. The summed E-state index contributed by atoms with van der Waals surface area (Å²) in [6.45, 7) is 2.76. The molecule has 134 valence electrons. The van der Waals surface area contributed by atoms with Gasteiger partial charge in [0, 0.05) is 39.9 Å². The number of benzene rings is 1. The highest BCUT2D eigenvalue weighted by molar-refractivity contribution is 14.0. The normalized spacial score (nSPS) is 14.7. The number of rotatable bonds is 4. The van der Waals surface area contributed by atoms with Crippen molar-refractivity contribution < 1.29 is 0 Å². The highest BCUT2D eigenvalue weighted by Gasteiger charge is 2.15. The van der Waals surface area contributed by atoms with E-state index >= 15 is 0 Å². The molecule has 1 aromatic heterocycles. The van der Waals surface area contributed by atoms with Crippen molar-refractivity contribution in [3.05, 3.63) is 59.9 Å². The van der Waals surface area contributed by atoms with Crippen LogP contribution in [0.25, 0.3) is 5.57 Å². The molecule has 0 unspecified atom stereocenters. The lowest BCUT2D eigenvalue weighted by atomic mass is 10.00. The molecule has 0 saturated heterocycles. The highest BCUT2D eigenvalue weighted by Crippen LogP contribution is 2.21. The minimum atomic E-state index is 0. The third-order valence-corrected chi connectivity index (χ3v) is 4.32. The number of aromatic nitrogens is 2. The van der Waals surface area contributed by atoms with Gasteiger partial charge in [-0.15, -0.1) is 24.0 Å². The lowest BCUT2D eigenvalue weighted by Crippen LogP contribution is -2.44. The minimum absolute atomic E-state index is 0. The van der Waals surface area contributed by atoms with Crippen molar-refractivity contribution in [2.45, 2.75) is 12.8 Å². The first-order valence-electron chi connectivity index (χ1n) is 8.44. The van der Waals surface area contributed by atoms with Gasteiger partial charge in [-0.3, -0.25) is 9.67 Å². The van der Waals surface area contributed by atoms with Gasteiger partial charge in [0.1, 0.15) is 0 Å². The Bertz CT molecular complexity index is 720. The van der Waals surface area contributed by atoms with Crippen LogP contribution in [0.3, 0.4) is 0 Å². The Kier molecular flexibility index (Phi) is 7.49. The Hall–Kier alpha value is -1.83. The van der Waals surface area contributed by atoms with Crippen LogP contribution in [-0.2, 0) is 13.5 Å². The van der Waals surface area contributed by atoms with Crippen LogP contribution < -0.4 is 5.32 Å². The third kappa shape index (κ3) is 5.32. The molecule has 0 atom stereocenters. The van der Waals surface area contributed by atoms with Crippen LogP contribution in [0.4, 0.5) is 0 Å². The smallest absolute Gasteiger partial charge is 0.193 e. The van der Waals surface area contributed by atoms with Crippen molar-refractivity contribution in [1.82, 2.24) is 20.0 Å². The third-order valence-electron chi connectivity index (χ3n) is 4.32. The average molecular weight is 451 g/mol. The van der Waals surface area contributed by atoms with E-state index in [9.17, 15) is 0 Å². The van der Waals surface area contributed by atoms with Gasteiger partial charge in [-0.2, -0.15) is 5.10 Å². The van der Waals surface area contributed by atoms with Crippen LogP contribution in [0.5, 0.6) is 0 Å². The van der Waals surface area contributed by atoms with Gasteiger partial charge >= 0.3 is 0 Å². The monoisotopic (exact) mass is 451 g/mol. The van der Waals surface area contributed by atoms with Gasteiger partial charge < -0.3 is 10.2 Å².